The number of nitriles is 2. The number of benzene rings is 7. The number of aromatic nitrogens is 2. The van der Waals surface area contributed by atoms with Crippen LogP contribution in [0.5, 0.6) is 0 Å². The fraction of sp³-hybridized carbons (Fsp3) is 0. The van der Waals surface area contributed by atoms with Gasteiger partial charge < -0.3 is 9.13 Å². The first-order valence-electron chi connectivity index (χ1n) is 15.9. The largest absolute Gasteiger partial charge is 0.309 e. The van der Waals surface area contributed by atoms with Crippen molar-refractivity contribution in [3.8, 4) is 45.8 Å². The average Bonchev–Trinajstić information content (AvgIpc) is 3.67. The maximum absolute atomic E-state index is 10.2. The smallest absolute Gasteiger partial charge is 0.0998 e. The first kappa shape index (κ1) is 27.4. The molecule has 0 saturated heterocycles. The second-order valence-corrected chi connectivity index (χ2v) is 12.0. The Morgan fingerprint density at radius 3 is 1.62 bits per heavy atom. The van der Waals surface area contributed by atoms with Crippen LogP contribution >= 0.6 is 0 Å². The summed E-state index contributed by atoms with van der Waals surface area (Å²) in [5, 5.41) is 24.4. The fourth-order valence-corrected chi connectivity index (χ4v) is 7.30. The van der Waals surface area contributed by atoms with Crippen LogP contribution in [0, 0.1) is 22.7 Å². The zero-order valence-electron chi connectivity index (χ0n) is 25.8. The first-order valence-corrected chi connectivity index (χ1v) is 15.9. The van der Waals surface area contributed by atoms with E-state index in [1.54, 1.807) is 0 Å². The molecule has 0 bridgehead atoms. The van der Waals surface area contributed by atoms with E-state index >= 15 is 0 Å². The van der Waals surface area contributed by atoms with Gasteiger partial charge in [-0.25, -0.2) is 0 Å². The number of nitrogens with zero attached hydrogens (tertiary/aromatic N) is 4. The van der Waals surface area contributed by atoms with Gasteiger partial charge in [0.1, 0.15) is 0 Å². The summed E-state index contributed by atoms with van der Waals surface area (Å²) in [5.41, 5.74) is 11.7. The van der Waals surface area contributed by atoms with Gasteiger partial charge in [-0.15, -0.1) is 0 Å². The molecule has 0 amide bonds. The van der Waals surface area contributed by atoms with Gasteiger partial charge in [-0.1, -0.05) is 91.0 Å². The van der Waals surface area contributed by atoms with E-state index in [-0.39, 0.29) is 0 Å². The minimum Gasteiger partial charge on any atom is -0.309 e. The summed E-state index contributed by atoms with van der Waals surface area (Å²) in [5.74, 6) is 0. The highest BCUT2D eigenvalue weighted by atomic mass is 15.0. The number of fused-ring (bicyclic) bond motifs is 6. The lowest BCUT2D eigenvalue weighted by molar-refractivity contribution is 1.18. The highest BCUT2D eigenvalue weighted by molar-refractivity contribution is 6.10. The second kappa shape index (κ2) is 10.9. The molecule has 4 heteroatoms. The number of para-hydroxylation sites is 3. The third-order valence-electron chi connectivity index (χ3n) is 9.40. The third kappa shape index (κ3) is 4.14. The molecule has 0 spiro atoms. The minimum absolute atomic E-state index is 0.621. The van der Waals surface area contributed by atoms with E-state index in [0.29, 0.717) is 11.1 Å². The molecule has 0 aliphatic heterocycles. The summed E-state index contributed by atoms with van der Waals surface area (Å²) in [6.07, 6.45) is 0. The van der Waals surface area contributed by atoms with Crippen molar-refractivity contribution in [2.75, 3.05) is 0 Å². The second-order valence-electron chi connectivity index (χ2n) is 12.0. The summed E-state index contributed by atoms with van der Waals surface area (Å²) in [6, 6.07) is 59.0. The molecule has 2 heterocycles. The van der Waals surface area contributed by atoms with Gasteiger partial charge in [0.05, 0.1) is 45.3 Å². The molecule has 0 radical (unpaired) electrons. The van der Waals surface area contributed by atoms with E-state index in [9.17, 15) is 10.5 Å². The molecule has 0 aliphatic carbocycles. The van der Waals surface area contributed by atoms with Crippen molar-refractivity contribution < 1.29 is 0 Å². The molecule has 2 aromatic heterocycles. The molecular weight excluding hydrogens is 585 g/mol. The fourth-order valence-electron chi connectivity index (χ4n) is 7.30. The van der Waals surface area contributed by atoms with Crippen molar-refractivity contribution in [3.05, 3.63) is 169 Å². The molecule has 0 saturated carbocycles. The van der Waals surface area contributed by atoms with Crippen LogP contribution in [-0.2, 0) is 0 Å². The van der Waals surface area contributed by atoms with Crippen molar-refractivity contribution in [1.29, 1.82) is 10.5 Å². The van der Waals surface area contributed by atoms with E-state index in [2.05, 4.69) is 124 Å². The van der Waals surface area contributed by atoms with Gasteiger partial charge in [-0.3, -0.25) is 0 Å². The lowest BCUT2D eigenvalue weighted by atomic mass is 9.91. The third-order valence-corrected chi connectivity index (χ3v) is 9.40. The predicted molar refractivity (Wildman–Crippen MR) is 195 cm³/mol. The highest BCUT2D eigenvalue weighted by Crippen LogP contribution is 2.40. The molecule has 222 valence electrons. The summed E-state index contributed by atoms with van der Waals surface area (Å²) in [7, 11) is 0. The number of rotatable bonds is 4. The summed E-state index contributed by atoms with van der Waals surface area (Å²) < 4.78 is 4.58. The molecule has 7 aromatic carbocycles. The average molecular weight is 611 g/mol. The Bertz CT molecular complexity index is 2760. The van der Waals surface area contributed by atoms with Crippen LogP contribution in [0.4, 0.5) is 0 Å². The van der Waals surface area contributed by atoms with Crippen LogP contribution in [0.2, 0.25) is 0 Å². The van der Waals surface area contributed by atoms with E-state index in [1.165, 1.54) is 10.8 Å². The van der Waals surface area contributed by atoms with Gasteiger partial charge in [0.15, 0.2) is 0 Å². The van der Waals surface area contributed by atoms with Crippen molar-refractivity contribution in [3.63, 3.8) is 0 Å². The lowest BCUT2D eigenvalue weighted by Gasteiger charge is -2.17. The van der Waals surface area contributed by atoms with Gasteiger partial charge in [0.25, 0.3) is 0 Å². The molecule has 0 atom stereocenters. The normalized spacial score (nSPS) is 11.3. The number of hydrogen-bond acceptors (Lipinski definition) is 2. The molecule has 48 heavy (non-hydrogen) atoms. The molecule has 9 aromatic rings. The van der Waals surface area contributed by atoms with Crippen molar-refractivity contribution in [2.24, 2.45) is 0 Å². The Morgan fingerprint density at radius 2 is 0.958 bits per heavy atom. The molecule has 0 aliphatic rings. The Kier molecular flexibility index (Phi) is 6.22. The van der Waals surface area contributed by atoms with Gasteiger partial charge in [0.2, 0.25) is 0 Å². The maximum atomic E-state index is 10.2. The van der Waals surface area contributed by atoms with Gasteiger partial charge in [-0.2, -0.15) is 10.5 Å². The van der Waals surface area contributed by atoms with Crippen LogP contribution in [0.1, 0.15) is 11.1 Å². The minimum atomic E-state index is 0.621. The summed E-state index contributed by atoms with van der Waals surface area (Å²) in [6.45, 7) is 0. The van der Waals surface area contributed by atoms with Crippen molar-refractivity contribution in [2.45, 2.75) is 0 Å². The molecule has 0 N–H and O–H groups in total. The van der Waals surface area contributed by atoms with E-state index in [0.717, 1.165) is 66.5 Å². The van der Waals surface area contributed by atoms with Crippen molar-refractivity contribution >= 4 is 43.6 Å². The monoisotopic (exact) mass is 610 g/mol. The molecular formula is C44H26N4. The Balaban J connectivity index is 1.30. The van der Waals surface area contributed by atoms with E-state index < -0.39 is 0 Å². The maximum Gasteiger partial charge on any atom is 0.0998 e. The Hall–Kier alpha value is -6.88. The Morgan fingerprint density at radius 1 is 0.375 bits per heavy atom. The van der Waals surface area contributed by atoms with Gasteiger partial charge in [0, 0.05) is 38.5 Å². The van der Waals surface area contributed by atoms with Crippen LogP contribution in [0.3, 0.4) is 0 Å². The number of hydrogen-bond donors (Lipinski definition) is 0. The standard InChI is InChI=1S/C44H26N4/c45-27-29-20-23-44-40(24-29)38-16-5-8-19-43(38)48(44)33-21-22-35(39(26-33)34-13-2-1-10-31(34)28-46)30-11-9-12-32(25-30)47-41-17-6-3-14-36(41)37-15-4-7-18-42(37)47/h1-26H. The van der Waals surface area contributed by atoms with Crippen LogP contribution in [-0.4, -0.2) is 9.13 Å². The SMILES string of the molecule is N#Cc1ccc2c(c1)c1ccccc1n2-c1ccc(-c2cccc(-n3c4ccccc4c4ccccc43)c2)c(-c2ccccc2C#N)c1. The lowest BCUT2D eigenvalue weighted by Crippen LogP contribution is -1.98. The topological polar surface area (TPSA) is 57.4 Å². The van der Waals surface area contributed by atoms with Gasteiger partial charge >= 0.3 is 0 Å². The van der Waals surface area contributed by atoms with Crippen LogP contribution in [0.15, 0.2) is 158 Å². The van der Waals surface area contributed by atoms with E-state index in [1.807, 2.05) is 54.6 Å². The van der Waals surface area contributed by atoms with E-state index in [4.69, 9.17) is 0 Å². The predicted octanol–water partition coefficient (Wildman–Crippen LogP) is 11.0. The van der Waals surface area contributed by atoms with Gasteiger partial charge in [-0.05, 0) is 83.4 Å². The molecule has 4 nitrogen and oxygen atoms in total. The van der Waals surface area contributed by atoms with Crippen molar-refractivity contribution in [1.82, 2.24) is 9.13 Å². The summed E-state index contributed by atoms with van der Waals surface area (Å²) in [4.78, 5) is 0. The quantitative estimate of drug-likeness (QED) is 0.199. The summed E-state index contributed by atoms with van der Waals surface area (Å²) >= 11 is 0. The zero-order chi connectivity index (χ0) is 32.2. The molecule has 0 fully saturated rings. The first-order chi connectivity index (χ1) is 23.7. The molecule has 9 rings (SSSR count). The highest BCUT2D eigenvalue weighted by Gasteiger charge is 2.18. The van der Waals surface area contributed by atoms with Crippen LogP contribution < -0.4 is 0 Å². The molecule has 0 unspecified atom stereocenters. The Labute approximate surface area is 277 Å². The zero-order valence-corrected chi connectivity index (χ0v) is 25.8. The van der Waals surface area contributed by atoms with Crippen LogP contribution in [0.25, 0.3) is 77.2 Å².